The van der Waals surface area contributed by atoms with Crippen LogP contribution in [-0.2, 0) is 11.9 Å². The average molecular weight is 626 g/mol. The molecule has 0 aliphatic carbocycles. The van der Waals surface area contributed by atoms with E-state index < -0.39 is 28.6 Å². The summed E-state index contributed by atoms with van der Waals surface area (Å²) in [5, 5.41) is 6.28. The molecular formula is C29H29Cl2F3N4O2S. The minimum Gasteiger partial charge on any atom is -0.321 e. The number of rotatable bonds is 12. The second-order valence-electron chi connectivity index (χ2n) is 8.86. The highest BCUT2D eigenvalue weighted by Gasteiger charge is 2.33. The molecule has 12 heteroatoms. The summed E-state index contributed by atoms with van der Waals surface area (Å²) in [7, 11) is 0. The fourth-order valence-corrected chi connectivity index (χ4v) is 5.14. The third-order valence-corrected chi connectivity index (χ3v) is 7.63. The summed E-state index contributed by atoms with van der Waals surface area (Å²) in [6.07, 6.45) is -3.58. The van der Waals surface area contributed by atoms with Crippen LogP contribution in [0.3, 0.4) is 0 Å². The Morgan fingerprint density at radius 2 is 1.76 bits per heavy atom. The molecule has 41 heavy (non-hydrogen) atoms. The van der Waals surface area contributed by atoms with Crippen LogP contribution in [0.4, 0.5) is 18.9 Å². The van der Waals surface area contributed by atoms with Gasteiger partial charge in [-0.2, -0.15) is 30.0 Å². The van der Waals surface area contributed by atoms with Crippen molar-refractivity contribution in [1.29, 1.82) is 0 Å². The molecule has 0 unspecified atom stereocenters. The molecule has 2 amide bonds. The quantitative estimate of drug-likeness (QED) is 0.124. The van der Waals surface area contributed by atoms with Crippen molar-refractivity contribution in [3.05, 3.63) is 98.5 Å². The third kappa shape index (κ3) is 9.78. The maximum atomic E-state index is 13.1. The number of anilines is 1. The lowest BCUT2D eigenvalue weighted by molar-refractivity contribution is -0.137. The Kier molecular flexibility index (Phi) is 12.1. The number of amides is 2. The number of halogens is 5. The van der Waals surface area contributed by atoms with Crippen molar-refractivity contribution in [3.8, 4) is 0 Å². The van der Waals surface area contributed by atoms with E-state index in [0.717, 1.165) is 55.1 Å². The molecule has 2 N–H and O–H groups in total. The van der Waals surface area contributed by atoms with Crippen LogP contribution in [0.2, 0.25) is 10.0 Å². The summed E-state index contributed by atoms with van der Waals surface area (Å²) in [4.78, 5) is 28.2. The molecule has 0 aliphatic rings. The van der Waals surface area contributed by atoms with E-state index in [0.29, 0.717) is 5.56 Å². The maximum Gasteiger partial charge on any atom is 0.417 e. The minimum absolute atomic E-state index is 0.0261. The number of nitrogens with one attached hydrogen (secondary N) is 2. The third-order valence-electron chi connectivity index (χ3n) is 6.05. The molecule has 0 heterocycles. The van der Waals surface area contributed by atoms with Gasteiger partial charge in [0.15, 0.2) is 0 Å². The smallest absolute Gasteiger partial charge is 0.321 e. The summed E-state index contributed by atoms with van der Waals surface area (Å²) in [6, 6.07) is 14.9. The number of alkyl halides is 3. The van der Waals surface area contributed by atoms with Crippen LogP contribution in [0, 0.1) is 0 Å². The molecule has 3 rings (SSSR count). The molecule has 0 bridgehead atoms. The molecule has 0 saturated carbocycles. The molecule has 0 aliphatic heterocycles. The van der Waals surface area contributed by atoms with Gasteiger partial charge in [0.1, 0.15) is 0 Å². The van der Waals surface area contributed by atoms with Gasteiger partial charge >= 0.3 is 6.18 Å². The first kappa shape index (κ1) is 32.5. The second-order valence-corrected chi connectivity index (χ2v) is 10.8. The molecular weight excluding hydrogens is 596 g/mol. The van der Waals surface area contributed by atoms with Gasteiger partial charge in [-0.05, 0) is 66.7 Å². The number of benzene rings is 3. The van der Waals surface area contributed by atoms with Crippen LogP contribution in [0.25, 0.3) is 0 Å². The highest BCUT2D eigenvalue weighted by atomic mass is 35.5. The van der Waals surface area contributed by atoms with Crippen molar-refractivity contribution in [3.63, 3.8) is 0 Å². The minimum atomic E-state index is -4.64. The van der Waals surface area contributed by atoms with E-state index in [9.17, 15) is 22.8 Å². The van der Waals surface area contributed by atoms with Crippen molar-refractivity contribution < 1.29 is 22.8 Å². The van der Waals surface area contributed by atoms with E-state index in [1.165, 1.54) is 24.3 Å². The summed E-state index contributed by atoms with van der Waals surface area (Å²) in [5.41, 5.74) is 2.96. The lowest BCUT2D eigenvalue weighted by Crippen LogP contribution is -2.25. The molecule has 3 aromatic carbocycles. The fraction of sp³-hybridized carbons (Fsp3) is 0.276. The van der Waals surface area contributed by atoms with Crippen LogP contribution in [0.5, 0.6) is 0 Å². The van der Waals surface area contributed by atoms with Crippen LogP contribution in [0.1, 0.15) is 51.3 Å². The Labute approximate surface area is 251 Å². The van der Waals surface area contributed by atoms with Gasteiger partial charge in [0.2, 0.25) is 0 Å². The average Bonchev–Trinajstić information content (AvgIpc) is 2.94. The van der Waals surface area contributed by atoms with Gasteiger partial charge < -0.3 is 10.2 Å². The maximum absolute atomic E-state index is 13.1. The van der Waals surface area contributed by atoms with Gasteiger partial charge in [-0.15, -0.1) is 0 Å². The van der Waals surface area contributed by atoms with E-state index in [4.69, 9.17) is 23.2 Å². The van der Waals surface area contributed by atoms with E-state index >= 15 is 0 Å². The van der Waals surface area contributed by atoms with Gasteiger partial charge in [-0.3, -0.25) is 9.59 Å². The Bertz CT molecular complexity index is 1400. The molecule has 218 valence electrons. The molecule has 0 atom stereocenters. The first-order valence-electron chi connectivity index (χ1n) is 12.7. The van der Waals surface area contributed by atoms with Crippen LogP contribution < -0.4 is 10.7 Å². The normalized spacial score (nSPS) is 11.7. The Hall–Kier alpha value is -3.05. The van der Waals surface area contributed by atoms with Gasteiger partial charge in [-0.25, -0.2) is 5.43 Å². The zero-order valence-electron chi connectivity index (χ0n) is 22.4. The van der Waals surface area contributed by atoms with Crippen LogP contribution in [0.15, 0.2) is 65.8 Å². The van der Waals surface area contributed by atoms with Crippen LogP contribution >= 0.6 is 35.0 Å². The number of hydrazone groups is 1. The number of carbonyl (C=O) groups is 2. The topological polar surface area (TPSA) is 73.8 Å². The molecule has 0 saturated heterocycles. The standard InChI is InChI=1S/C29H29Cl2F3N4O2S/c1-3-38(4-2)12-13-41-18-20-6-5-7-21(14-20)27(39)36-26-11-9-22(30)16-23(26)28(40)37-35-17-19-8-10-25(31)24(15-19)29(32,33)34/h5-11,14-17H,3-4,12-13,18H2,1-2H3,(H,36,39)(H,37,40)/b35-17+. The largest absolute Gasteiger partial charge is 0.417 e. The lowest BCUT2D eigenvalue weighted by Gasteiger charge is -2.17. The van der Waals surface area contributed by atoms with Gasteiger partial charge in [0.25, 0.3) is 11.8 Å². The summed E-state index contributed by atoms with van der Waals surface area (Å²) >= 11 is 13.5. The second kappa shape index (κ2) is 15.3. The van der Waals surface area contributed by atoms with Gasteiger partial charge in [0.05, 0.1) is 28.1 Å². The summed E-state index contributed by atoms with van der Waals surface area (Å²) in [5.74, 6) is 0.599. The van der Waals surface area contributed by atoms with E-state index in [1.54, 1.807) is 30.0 Å². The molecule has 0 radical (unpaired) electrons. The number of thioether (sulfide) groups is 1. The van der Waals surface area contributed by atoms with E-state index in [-0.39, 0.29) is 21.8 Å². The SMILES string of the molecule is CCN(CC)CCSCc1cccc(C(=O)Nc2ccc(Cl)cc2C(=O)N/N=C/c2ccc(Cl)c(C(F)(F)F)c2)c1. The van der Waals surface area contributed by atoms with E-state index in [2.05, 4.69) is 34.6 Å². The van der Waals surface area contributed by atoms with Gasteiger partial charge in [-0.1, -0.05) is 55.2 Å². The first-order valence-corrected chi connectivity index (χ1v) is 14.6. The number of nitrogens with zero attached hydrogens (tertiary/aromatic N) is 2. The Balaban J connectivity index is 1.67. The van der Waals surface area contributed by atoms with Crippen LogP contribution in [-0.4, -0.2) is 48.3 Å². The molecule has 0 fully saturated rings. The highest BCUT2D eigenvalue weighted by Crippen LogP contribution is 2.34. The zero-order valence-corrected chi connectivity index (χ0v) is 24.7. The fourth-order valence-electron chi connectivity index (χ4n) is 3.80. The Morgan fingerprint density at radius 3 is 2.46 bits per heavy atom. The highest BCUT2D eigenvalue weighted by molar-refractivity contribution is 7.98. The number of carbonyl (C=O) groups excluding carboxylic acids is 2. The van der Waals surface area contributed by atoms with Crippen molar-refractivity contribution in [2.24, 2.45) is 5.10 Å². The summed E-state index contributed by atoms with van der Waals surface area (Å²) in [6.45, 7) is 7.29. The molecule has 0 spiro atoms. The lowest BCUT2D eigenvalue weighted by atomic mass is 10.1. The zero-order chi connectivity index (χ0) is 30.0. The molecule has 3 aromatic rings. The van der Waals surface area contributed by atoms with Crippen molar-refractivity contribution in [2.75, 3.05) is 30.7 Å². The monoisotopic (exact) mass is 624 g/mol. The summed E-state index contributed by atoms with van der Waals surface area (Å²) < 4.78 is 39.3. The van der Waals surface area contributed by atoms with E-state index in [1.807, 2.05) is 6.07 Å². The first-order chi connectivity index (χ1) is 19.5. The van der Waals surface area contributed by atoms with Crippen molar-refractivity contribution >= 4 is 58.7 Å². The predicted molar refractivity (Wildman–Crippen MR) is 161 cm³/mol. The predicted octanol–water partition coefficient (Wildman–Crippen LogP) is 7.60. The van der Waals surface area contributed by atoms with Gasteiger partial charge in [0, 0.05) is 28.6 Å². The number of hydrogen-bond acceptors (Lipinski definition) is 5. The molecule has 6 nitrogen and oxygen atoms in total. The van der Waals surface area contributed by atoms with Crippen molar-refractivity contribution in [2.45, 2.75) is 25.8 Å². The number of hydrogen-bond donors (Lipinski definition) is 2. The molecule has 0 aromatic heterocycles. The Morgan fingerprint density at radius 1 is 1.00 bits per heavy atom. The van der Waals surface area contributed by atoms with Crippen molar-refractivity contribution in [1.82, 2.24) is 10.3 Å².